The summed E-state index contributed by atoms with van der Waals surface area (Å²) in [4.78, 5) is 4.23. The first-order chi connectivity index (χ1) is 7.05. The number of thioether (sulfide) groups is 1. The molecule has 0 spiro atoms. The second-order valence-electron chi connectivity index (χ2n) is 4.27. The van der Waals surface area contributed by atoms with Crippen LogP contribution in [0.1, 0.15) is 26.7 Å². The summed E-state index contributed by atoms with van der Waals surface area (Å²) in [5.74, 6) is 1.02. The lowest BCUT2D eigenvalue weighted by Gasteiger charge is -2.13. The van der Waals surface area contributed by atoms with Gasteiger partial charge in [-0.2, -0.15) is 5.26 Å². The number of hydrogen-bond acceptors (Lipinski definition) is 3. The monoisotopic (exact) mass is 223 g/mol. The maximum Gasteiger partial charge on any atom is 0.167 e. The minimum atomic E-state index is -0.192. The van der Waals surface area contributed by atoms with Crippen LogP contribution in [0.4, 0.5) is 0 Å². The summed E-state index contributed by atoms with van der Waals surface area (Å²) in [7, 11) is 1.99. The van der Waals surface area contributed by atoms with E-state index in [0.29, 0.717) is 0 Å². The third-order valence-corrected chi connectivity index (χ3v) is 3.40. The average Bonchev–Trinajstić information content (AvgIpc) is 2.59. The molecule has 0 aromatic carbocycles. The van der Waals surface area contributed by atoms with E-state index in [9.17, 15) is 0 Å². The highest BCUT2D eigenvalue weighted by molar-refractivity contribution is 7.99. The van der Waals surface area contributed by atoms with E-state index in [1.807, 2.05) is 37.9 Å². The molecule has 3 nitrogen and oxygen atoms in total. The second-order valence-corrected chi connectivity index (χ2v) is 5.33. The van der Waals surface area contributed by atoms with Gasteiger partial charge >= 0.3 is 0 Å². The number of imidazole rings is 1. The molecule has 1 aromatic heterocycles. The van der Waals surface area contributed by atoms with Crippen LogP contribution in [-0.2, 0) is 7.05 Å². The summed E-state index contributed by atoms with van der Waals surface area (Å²) in [6.45, 7) is 3.97. The molecule has 0 N–H and O–H groups in total. The van der Waals surface area contributed by atoms with Crippen molar-refractivity contribution in [3.8, 4) is 6.07 Å². The number of rotatable bonds is 5. The van der Waals surface area contributed by atoms with Crippen molar-refractivity contribution in [1.82, 2.24) is 9.55 Å². The Bertz CT molecular complexity index is 349. The van der Waals surface area contributed by atoms with Crippen LogP contribution in [0.2, 0.25) is 0 Å². The molecular formula is C11H17N3S. The van der Waals surface area contributed by atoms with Crippen LogP contribution in [0.25, 0.3) is 0 Å². The lowest BCUT2D eigenvalue weighted by molar-refractivity contribution is 0.447. The molecule has 0 aliphatic heterocycles. The lowest BCUT2D eigenvalue weighted by Crippen LogP contribution is -2.07. The highest BCUT2D eigenvalue weighted by Crippen LogP contribution is 2.23. The molecule has 0 atom stereocenters. The molecule has 1 heterocycles. The van der Waals surface area contributed by atoms with Crippen LogP contribution in [0.5, 0.6) is 0 Å². The molecule has 0 amide bonds. The van der Waals surface area contributed by atoms with Gasteiger partial charge < -0.3 is 4.57 Å². The molecule has 0 unspecified atom stereocenters. The van der Waals surface area contributed by atoms with E-state index in [0.717, 1.165) is 23.8 Å². The van der Waals surface area contributed by atoms with Gasteiger partial charge in [0.1, 0.15) is 0 Å². The number of aromatic nitrogens is 2. The fourth-order valence-electron chi connectivity index (χ4n) is 1.22. The Morgan fingerprint density at radius 3 is 2.87 bits per heavy atom. The van der Waals surface area contributed by atoms with E-state index in [1.165, 1.54) is 0 Å². The minimum Gasteiger partial charge on any atom is -0.329 e. The molecule has 0 saturated carbocycles. The van der Waals surface area contributed by atoms with Crippen LogP contribution in [0, 0.1) is 16.7 Å². The fraction of sp³-hybridized carbons (Fsp3) is 0.636. The smallest absolute Gasteiger partial charge is 0.167 e. The molecular weight excluding hydrogens is 206 g/mol. The molecule has 0 fully saturated rings. The van der Waals surface area contributed by atoms with Gasteiger partial charge in [-0.3, -0.25) is 0 Å². The van der Waals surface area contributed by atoms with E-state index < -0.39 is 0 Å². The van der Waals surface area contributed by atoms with Gasteiger partial charge in [0.2, 0.25) is 0 Å². The molecule has 0 aliphatic carbocycles. The highest BCUT2D eigenvalue weighted by Gasteiger charge is 2.15. The fourth-order valence-corrected chi connectivity index (χ4v) is 2.10. The maximum absolute atomic E-state index is 8.85. The zero-order valence-corrected chi connectivity index (χ0v) is 10.3. The van der Waals surface area contributed by atoms with E-state index in [-0.39, 0.29) is 5.41 Å². The second kappa shape index (κ2) is 5.22. The Balaban J connectivity index is 2.24. The minimum absolute atomic E-state index is 0.192. The van der Waals surface area contributed by atoms with E-state index in [2.05, 4.69) is 11.1 Å². The van der Waals surface area contributed by atoms with Gasteiger partial charge in [0.05, 0.1) is 11.5 Å². The van der Waals surface area contributed by atoms with E-state index >= 15 is 0 Å². The Morgan fingerprint density at radius 1 is 1.60 bits per heavy atom. The van der Waals surface area contributed by atoms with Crippen molar-refractivity contribution >= 4 is 11.8 Å². The van der Waals surface area contributed by atoms with Crippen molar-refractivity contribution in [1.29, 1.82) is 5.26 Å². The summed E-state index contributed by atoms with van der Waals surface area (Å²) in [5.41, 5.74) is -0.192. The van der Waals surface area contributed by atoms with Gasteiger partial charge in [-0.05, 0) is 26.7 Å². The standard InChI is InChI=1S/C11H17N3S/c1-11(2,9-12)5-4-8-15-10-13-6-7-14(10)3/h6-7H,4-5,8H2,1-3H3. The Kier molecular flexibility index (Phi) is 4.22. The number of aryl methyl sites for hydroxylation is 1. The molecule has 0 bridgehead atoms. The summed E-state index contributed by atoms with van der Waals surface area (Å²) in [6, 6.07) is 2.32. The van der Waals surface area contributed by atoms with E-state index in [1.54, 1.807) is 11.8 Å². The van der Waals surface area contributed by atoms with Gasteiger partial charge in [0.25, 0.3) is 0 Å². The first kappa shape index (κ1) is 12.1. The Morgan fingerprint density at radius 2 is 2.33 bits per heavy atom. The quantitative estimate of drug-likeness (QED) is 0.569. The first-order valence-electron chi connectivity index (χ1n) is 5.06. The van der Waals surface area contributed by atoms with Crippen molar-refractivity contribution in [3.63, 3.8) is 0 Å². The molecule has 1 rings (SSSR count). The van der Waals surface area contributed by atoms with Gasteiger partial charge in [0, 0.05) is 25.2 Å². The topological polar surface area (TPSA) is 41.6 Å². The summed E-state index contributed by atoms with van der Waals surface area (Å²) < 4.78 is 2.01. The molecule has 15 heavy (non-hydrogen) atoms. The Labute approximate surface area is 95.5 Å². The molecule has 82 valence electrons. The van der Waals surface area contributed by atoms with Crippen LogP contribution >= 0.6 is 11.8 Å². The van der Waals surface area contributed by atoms with Gasteiger partial charge in [-0.1, -0.05) is 11.8 Å². The van der Waals surface area contributed by atoms with Crippen molar-refractivity contribution < 1.29 is 0 Å². The van der Waals surface area contributed by atoms with Crippen LogP contribution in [0.15, 0.2) is 17.6 Å². The molecule has 1 aromatic rings. The van der Waals surface area contributed by atoms with Gasteiger partial charge in [-0.15, -0.1) is 0 Å². The Hall–Kier alpha value is -0.950. The van der Waals surface area contributed by atoms with Crippen LogP contribution < -0.4 is 0 Å². The molecule has 4 heteroatoms. The van der Waals surface area contributed by atoms with Gasteiger partial charge in [-0.25, -0.2) is 4.98 Å². The summed E-state index contributed by atoms with van der Waals surface area (Å²) in [5, 5.41) is 9.89. The number of nitriles is 1. The van der Waals surface area contributed by atoms with Crippen LogP contribution in [0.3, 0.4) is 0 Å². The lowest BCUT2D eigenvalue weighted by atomic mass is 9.90. The third kappa shape index (κ3) is 3.96. The van der Waals surface area contributed by atoms with Crippen molar-refractivity contribution in [2.45, 2.75) is 31.8 Å². The SMILES string of the molecule is Cn1ccnc1SCCCC(C)(C)C#N. The number of nitrogens with zero attached hydrogens (tertiary/aromatic N) is 3. The summed E-state index contributed by atoms with van der Waals surface area (Å²) >= 11 is 1.75. The largest absolute Gasteiger partial charge is 0.329 e. The third-order valence-electron chi connectivity index (χ3n) is 2.26. The number of hydrogen-bond donors (Lipinski definition) is 0. The predicted octanol–water partition coefficient (Wildman–Crippen LogP) is 2.84. The zero-order valence-electron chi connectivity index (χ0n) is 9.53. The summed E-state index contributed by atoms with van der Waals surface area (Å²) in [6.07, 6.45) is 5.75. The van der Waals surface area contributed by atoms with E-state index in [4.69, 9.17) is 5.26 Å². The maximum atomic E-state index is 8.85. The highest BCUT2D eigenvalue weighted by atomic mass is 32.2. The van der Waals surface area contributed by atoms with Crippen LogP contribution in [-0.4, -0.2) is 15.3 Å². The molecule has 0 saturated heterocycles. The normalized spacial score (nSPS) is 11.3. The predicted molar refractivity (Wildman–Crippen MR) is 62.6 cm³/mol. The van der Waals surface area contributed by atoms with Crippen molar-refractivity contribution in [2.75, 3.05) is 5.75 Å². The zero-order chi connectivity index (χ0) is 11.3. The van der Waals surface area contributed by atoms with Crippen molar-refractivity contribution in [2.24, 2.45) is 12.5 Å². The van der Waals surface area contributed by atoms with Crippen molar-refractivity contribution in [3.05, 3.63) is 12.4 Å². The molecule has 0 radical (unpaired) electrons. The molecule has 0 aliphatic rings. The average molecular weight is 223 g/mol. The first-order valence-corrected chi connectivity index (χ1v) is 6.05. The van der Waals surface area contributed by atoms with Gasteiger partial charge in [0.15, 0.2) is 5.16 Å².